The molecule has 0 saturated carbocycles. The minimum atomic E-state index is -0.117. The van der Waals surface area contributed by atoms with Crippen molar-refractivity contribution in [1.29, 1.82) is 0 Å². The number of carbonyl (C=O) groups excluding carboxylic acids is 1. The molecule has 4 nitrogen and oxygen atoms in total. The van der Waals surface area contributed by atoms with Gasteiger partial charge in [0.05, 0.1) is 12.1 Å². The first kappa shape index (κ1) is 15.0. The first-order valence-corrected chi connectivity index (χ1v) is 7.04. The van der Waals surface area contributed by atoms with E-state index in [4.69, 9.17) is 4.74 Å². The predicted molar refractivity (Wildman–Crippen MR) is 82.3 cm³/mol. The molecule has 1 amide bonds. The lowest BCUT2D eigenvalue weighted by atomic mass is 10.1. The van der Waals surface area contributed by atoms with Crippen LogP contribution in [0.25, 0.3) is 0 Å². The predicted octanol–water partition coefficient (Wildman–Crippen LogP) is 3.36. The number of benzene rings is 1. The van der Waals surface area contributed by atoms with Gasteiger partial charge in [0, 0.05) is 18.0 Å². The Hall–Kier alpha value is -2.36. The van der Waals surface area contributed by atoms with Gasteiger partial charge in [-0.2, -0.15) is 0 Å². The van der Waals surface area contributed by atoms with Crippen molar-refractivity contribution in [3.8, 4) is 5.75 Å². The third kappa shape index (κ3) is 4.31. The van der Waals surface area contributed by atoms with E-state index in [1.807, 2.05) is 45.0 Å². The number of hydrogen-bond donors (Lipinski definition) is 1. The third-order valence-electron chi connectivity index (χ3n) is 3.02. The Morgan fingerprint density at radius 1 is 1.14 bits per heavy atom. The van der Waals surface area contributed by atoms with Crippen LogP contribution in [-0.4, -0.2) is 17.0 Å². The molecule has 0 fully saturated rings. The van der Waals surface area contributed by atoms with E-state index in [2.05, 4.69) is 10.3 Å². The van der Waals surface area contributed by atoms with Crippen molar-refractivity contribution in [2.45, 2.75) is 32.9 Å². The third-order valence-corrected chi connectivity index (χ3v) is 3.02. The average Bonchev–Trinajstić information content (AvgIpc) is 2.47. The van der Waals surface area contributed by atoms with E-state index in [1.165, 1.54) is 0 Å². The minimum absolute atomic E-state index is 0.0739. The van der Waals surface area contributed by atoms with Gasteiger partial charge in [0.15, 0.2) is 0 Å². The lowest BCUT2D eigenvalue weighted by Crippen LogP contribution is -2.26. The van der Waals surface area contributed by atoms with Crippen molar-refractivity contribution in [1.82, 2.24) is 10.3 Å². The van der Waals surface area contributed by atoms with Crippen LogP contribution in [0, 0.1) is 0 Å². The number of hydrogen-bond acceptors (Lipinski definition) is 3. The molecule has 0 aliphatic heterocycles. The Kier molecular flexibility index (Phi) is 4.93. The lowest BCUT2D eigenvalue weighted by Gasteiger charge is -2.15. The number of aromatic nitrogens is 1. The molecule has 1 N–H and O–H groups in total. The normalized spacial score (nSPS) is 12.0. The highest BCUT2D eigenvalue weighted by molar-refractivity contribution is 5.94. The van der Waals surface area contributed by atoms with E-state index in [1.54, 1.807) is 24.5 Å². The summed E-state index contributed by atoms with van der Waals surface area (Å²) in [6.07, 6.45) is 3.52. The Bertz CT molecular complexity index is 597. The SMILES string of the molecule is CC(C)Oc1cccc(C(=O)N[C@H](C)c2ccncc2)c1. The maximum absolute atomic E-state index is 12.3. The second-order valence-corrected chi connectivity index (χ2v) is 5.17. The van der Waals surface area contributed by atoms with E-state index in [0.29, 0.717) is 11.3 Å². The molecule has 0 spiro atoms. The number of rotatable bonds is 5. The van der Waals surface area contributed by atoms with Crippen LogP contribution in [0.4, 0.5) is 0 Å². The Morgan fingerprint density at radius 3 is 2.52 bits per heavy atom. The van der Waals surface area contributed by atoms with Gasteiger partial charge in [-0.3, -0.25) is 9.78 Å². The second kappa shape index (κ2) is 6.88. The number of ether oxygens (including phenoxy) is 1. The molecule has 21 heavy (non-hydrogen) atoms. The number of carbonyl (C=O) groups is 1. The maximum Gasteiger partial charge on any atom is 0.251 e. The summed E-state index contributed by atoms with van der Waals surface area (Å²) in [7, 11) is 0. The molecule has 1 heterocycles. The molecule has 0 bridgehead atoms. The van der Waals surface area contributed by atoms with E-state index >= 15 is 0 Å². The molecule has 0 saturated heterocycles. The zero-order valence-electron chi connectivity index (χ0n) is 12.5. The molecule has 2 aromatic rings. The van der Waals surface area contributed by atoms with Crippen molar-refractivity contribution in [3.63, 3.8) is 0 Å². The van der Waals surface area contributed by atoms with Crippen LogP contribution in [0.5, 0.6) is 5.75 Å². The molecule has 1 aromatic heterocycles. The summed E-state index contributed by atoms with van der Waals surface area (Å²) < 4.78 is 5.61. The number of amides is 1. The quantitative estimate of drug-likeness (QED) is 0.916. The first-order valence-electron chi connectivity index (χ1n) is 7.04. The number of pyridine rings is 1. The molecule has 1 aromatic carbocycles. The van der Waals surface area contributed by atoms with E-state index in [9.17, 15) is 4.79 Å². The summed E-state index contributed by atoms with van der Waals surface area (Å²) in [5.41, 5.74) is 1.61. The number of nitrogens with zero attached hydrogens (tertiary/aromatic N) is 1. The topological polar surface area (TPSA) is 51.2 Å². The van der Waals surface area contributed by atoms with Crippen molar-refractivity contribution >= 4 is 5.91 Å². The molecule has 110 valence electrons. The zero-order valence-corrected chi connectivity index (χ0v) is 12.5. The van der Waals surface area contributed by atoms with Gasteiger partial charge in [0.25, 0.3) is 5.91 Å². The van der Waals surface area contributed by atoms with Crippen molar-refractivity contribution in [3.05, 3.63) is 59.9 Å². The van der Waals surface area contributed by atoms with Crippen LogP contribution in [0.1, 0.15) is 42.7 Å². The molecule has 2 rings (SSSR count). The molecular weight excluding hydrogens is 264 g/mol. The molecule has 0 unspecified atom stereocenters. The van der Waals surface area contributed by atoms with Gasteiger partial charge in [-0.1, -0.05) is 6.07 Å². The summed E-state index contributed by atoms with van der Waals surface area (Å²) in [6.45, 7) is 5.86. The van der Waals surface area contributed by atoms with Crippen molar-refractivity contribution in [2.24, 2.45) is 0 Å². The highest BCUT2D eigenvalue weighted by Crippen LogP contribution is 2.16. The largest absolute Gasteiger partial charge is 0.491 e. The summed E-state index contributed by atoms with van der Waals surface area (Å²) in [6, 6.07) is 10.9. The van der Waals surface area contributed by atoms with Gasteiger partial charge in [0.2, 0.25) is 0 Å². The van der Waals surface area contributed by atoms with Gasteiger partial charge >= 0.3 is 0 Å². The molecular formula is C17H20N2O2. The van der Waals surface area contributed by atoms with Gasteiger partial charge < -0.3 is 10.1 Å². The van der Waals surface area contributed by atoms with E-state index < -0.39 is 0 Å². The number of nitrogens with one attached hydrogen (secondary N) is 1. The summed E-state index contributed by atoms with van der Waals surface area (Å²) >= 11 is 0. The Morgan fingerprint density at radius 2 is 1.86 bits per heavy atom. The van der Waals surface area contributed by atoms with Gasteiger partial charge in [-0.25, -0.2) is 0 Å². The van der Waals surface area contributed by atoms with E-state index in [0.717, 1.165) is 5.56 Å². The molecule has 1 atom stereocenters. The summed E-state index contributed by atoms with van der Waals surface area (Å²) in [5, 5.41) is 2.97. The van der Waals surface area contributed by atoms with Crippen LogP contribution < -0.4 is 10.1 Å². The van der Waals surface area contributed by atoms with E-state index in [-0.39, 0.29) is 18.1 Å². The molecule has 0 aliphatic carbocycles. The molecule has 0 aliphatic rings. The Balaban J connectivity index is 2.06. The van der Waals surface area contributed by atoms with Crippen molar-refractivity contribution in [2.75, 3.05) is 0 Å². The highest BCUT2D eigenvalue weighted by Gasteiger charge is 2.12. The lowest BCUT2D eigenvalue weighted by molar-refractivity contribution is 0.0939. The fourth-order valence-corrected chi connectivity index (χ4v) is 2.00. The minimum Gasteiger partial charge on any atom is -0.491 e. The van der Waals surface area contributed by atoms with Crippen LogP contribution in [-0.2, 0) is 0 Å². The average molecular weight is 284 g/mol. The van der Waals surface area contributed by atoms with Gasteiger partial charge in [-0.05, 0) is 56.7 Å². The van der Waals surface area contributed by atoms with Crippen molar-refractivity contribution < 1.29 is 9.53 Å². The first-order chi connectivity index (χ1) is 10.1. The van der Waals surface area contributed by atoms with Crippen LogP contribution >= 0.6 is 0 Å². The monoisotopic (exact) mass is 284 g/mol. The van der Waals surface area contributed by atoms with Crippen LogP contribution in [0.15, 0.2) is 48.8 Å². The summed E-state index contributed by atoms with van der Waals surface area (Å²) in [5.74, 6) is 0.586. The maximum atomic E-state index is 12.3. The summed E-state index contributed by atoms with van der Waals surface area (Å²) in [4.78, 5) is 16.3. The fourth-order valence-electron chi connectivity index (χ4n) is 2.00. The smallest absolute Gasteiger partial charge is 0.251 e. The zero-order chi connectivity index (χ0) is 15.2. The van der Waals surface area contributed by atoms with Crippen LogP contribution in [0.2, 0.25) is 0 Å². The Labute approximate surface area is 125 Å². The fraction of sp³-hybridized carbons (Fsp3) is 0.294. The standard InChI is InChI=1S/C17H20N2O2/c1-12(2)21-16-6-4-5-15(11-16)17(20)19-13(3)14-7-9-18-10-8-14/h4-13H,1-3H3,(H,19,20)/t13-/m1/s1. The molecule has 0 radical (unpaired) electrons. The van der Waals surface area contributed by atoms with Gasteiger partial charge in [-0.15, -0.1) is 0 Å². The second-order valence-electron chi connectivity index (χ2n) is 5.17. The van der Waals surface area contributed by atoms with Crippen LogP contribution in [0.3, 0.4) is 0 Å². The highest BCUT2D eigenvalue weighted by atomic mass is 16.5. The van der Waals surface area contributed by atoms with Gasteiger partial charge in [0.1, 0.15) is 5.75 Å². The molecule has 4 heteroatoms.